The molecule has 9 heteroatoms. The lowest BCUT2D eigenvalue weighted by Gasteiger charge is -2.13. The number of carbonyl (C=O) groups excluding carboxylic acids is 1. The van der Waals surface area contributed by atoms with E-state index in [1.807, 2.05) is 6.20 Å². The Bertz CT molecular complexity index is 995. The molecule has 1 N–H and O–H groups in total. The first kappa shape index (κ1) is 18.3. The minimum absolute atomic E-state index is 0.161. The molecule has 1 fully saturated rings. The van der Waals surface area contributed by atoms with E-state index in [1.54, 1.807) is 29.1 Å². The Balaban J connectivity index is 1.52. The van der Waals surface area contributed by atoms with Gasteiger partial charge in [-0.05, 0) is 36.6 Å². The summed E-state index contributed by atoms with van der Waals surface area (Å²) in [5.74, 6) is 0.161. The van der Waals surface area contributed by atoms with E-state index in [2.05, 4.69) is 15.4 Å². The third-order valence-electron chi connectivity index (χ3n) is 4.69. The van der Waals surface area contributed by atoms with Gasteiger partial charge in [0, 0.05) is 17.8 Å². The van der Waals surface area contributed by atoms with Crippen molar-refractivity contribution in [2.24, 2.45) is 0 Å². The smallest absolute Gasteiger partial charge is 0.422 e. The lowest BCUT2D eigenvalue weighted by Crippen LogP contribution is -2.28. The van der Waals surface area contributed by atoms with E-state index in [4.69, 9.17) is 4.74 Å². The van der Waals surface area contributed by atoms with Gasteiger partial charge in [-0.3, -0.25) is 14.5 Å². The number of rotatable bonds is 7. The number of pyridine rings is 1. The number of hydrogen-bond acceptors (Lipinski definition) is 4. The Kier molecular flexibility index (Phi) is 4.44. The van der Waals surface area contributed by atoms with Crippen LogP contribution in [0, 0.1) is 0 Å². The zero-order valence-electron chi connectivity index (χ0n) is 14.7. The number of benzene rings is 1. The molecule has 0 aliphatic heterocycles. The van der Waals surface area contributed by atoms with Gasteiger partial charge in [-0.25, -0.2) is 0 Å². The van der Waals surface area contributed by atoms with E-state index in [1.165, 1.54) is 12.1 Å². The van der Waals surface area contributed by atoms with Crippen LogP contribution >= 0.6 is 0 Å². The molecule has 28 heavy (non-hydrogen) atoms. The van der Waals surface area contributed by atoms with Crippen molar-refractivity contribution in [3.63, 3.8) is 0 Å². The van der Waals surface area contributed by atoms with Gasteiger partial charge in [0.1, 0.15) is 5.75 Å². The van der Waals surface area contributed by atoms with E-state index in [-0.39, 0.29) is 5.75 Å². The summed E-state index contributed by atoms with van der Waals surface area (Å²) in [6.07, 6.45) is 1.55. The maximum atomic E-state index is 12.2. The number of carbonyl (C=O) groups is 1. The molecule has 2 heterocycles. The highest BCUT2D eigenvalue weighted by Gasteiger charge is 2.46. The minimum Gasteiger partial charge on any atom is -0.484 e. The van der Waals surface area contributed by atoms with Crippen molar-refractivity contribution >= 4 is 17.3 Å². The Morgan fingerprint density at radius 1 is 1.21 bits per heavy atom. The highest BCUT2D eigenvalue weighted by molar-refractivity contribution is 5.82. The first-order chi connectivity index (χ1) is 13.4. The van der Waals surface area contributed by atoms with Gasteiger partial charge >= 0.3 is 6.18 Å². The number of nitrogens with zero attached hydrogens (tertiary/aromatic N) is 3. The number of fused-ring (bicyclic) bond motifs is 1. The molecular formula is C19H17F3N4O2. The quantitative estimate of drug-likeness (QED) is 0.630. The van der Waals surface area contributed by atoms with Gasteiger partial charge in [0.25, 0.3) is 0 Å². The first-order valence-electron chi connectivity index (χ1n) is 8.71. The van der Waals surface area contributed by atoms with Crippen LogP contribution in [0.3, 0.4) is 0 Å². The average molecular weight is 390 g/mol. The SMILES string of the molecule is O=CNC1(c2nccc3nn(Cc4ccc(OCC(F)(F)F)cc4)cc23)CC1. The molecule has 4 rings (SSSR count). The predicted molar refractivity (Wildman–Crippen MR) is 94.7 cm³/mol. The second-order valence-corrected chi connectivity index (χ2v) is 6.81. The molecule has 1 saturated carbocycles. The zero-order chi connectivity index (χ0) is 19.8. The maximum absolute atomic E-state index is 12.2. The van der Waals surface area contributed by atoms with Crippen LogP contribution < -0.4 is 10.1 Å². The average Bonchev–Trinajstić information content (AvgIpc) is 3.31. The molecule has 1 aromatic carbocycles. The molecule has 2 aromatic heterocycles. The van der Waals surface area contributed by atoms with E-state index < -0.39 is 18.3 Å². The Morgan fingerprint density at radius 2 is 1.96 bits per heavy atom. The second kappa shape index (κ2) is 6.81. The monoisotopic (exact) mass is 390 g/mol. The van der Waals surface area contributed by atoms with Crippen LogP contribution in [0.5, 0.6) is 5.75 Å². The summed E-state index contributed by atoms with van der Waals surface area (Å²) in [5.41, 5.74) is 2.04. The molecule has 0 atom stereocenters. The van der Waals surface area contributed by atoms with Crippen molar-refractivity contribution < 1.29 is 22.7 Å². The van der Waals surface area contributed by atoms with Gasteiger partial charge < -0.3 is 10.1 Å². The van der Waals surface area contributed by atoms with Gasteiger partial charge in [0.15, 0.2) is 6.61 Å². The van der Waals surface area contributed by atoms with Gasteiger partial charge in [-0.2, -0.15) is 18.3 Å². The molecule has 1 amide bonds. The number of alkyl halides is 3. The molecule has 1 aliphatic rings. The molecule has 0 radical (unpaired) electrons. The van der Waals surface area contributed by atoms with Gasteiger partial charge in [-0.15, -0.1) is 0 Å². The van der Waals surface area contributed by atoms with Crippen LogP contribution in [0.15, 0.2) is 42.7 Å². The zero-order valence-corrected chi connectivity index (χ0v) is 14.7. The van der Waals surface area contributed by atoms with Crippen molar-refractivity contribution in [1.29, 1.82) is 0 Å². The fourth-order valence-electron chi connectivity index (χ4n) is 3.19. The maximum Gasteiger partial charge on any atom is 0.422 e. The van der Waals surface area contributed by atoms with Crippen molar-refractivity contribution in [3.8, 4) is 5.75 Å². The molecule has 3 aromatic rings. The standard InChI is InChI=1S/C19H17F3N4O2/c20-19(21,22)11-28-14-3-1-13(2-4-14)9-26-10-15-16(25-26)5-8-23-17(15)18(6-7-18)24-12-27/h1-5,8,10,12H,6-7,9,11H2,(H,24,27). The Morgan fingerprint density at radius 3 is 2.61 bits per heavy atom. The summed E-state index contributed by atoms with van der Waals surface area (Å²) in [5, 5.41) is 8.27. The number of nitrogens with one attached hydrogen (secondary N) is 1. The Labute approximate surface area is 158 Å². The largest absolute Gasteiger partial charge is 0.484 e. The fourth-order valence-corrected chi connectivity index (χ4v) is 3.19. The number of amides is 1. The number of ether oxygens (including phenoxy) is 1. The van der Waals surface area contributed by atoms with Gasteiger partial charge in [0.2, 0.25) is 6.41 Å². The van der Waals surface area contributed by atoms with E-state index in [0.29, 0.717) is 13.0 Å². The Hall–Kier alpha value is -3.10. The lowest BCUT2D eigenvalue weighted by molar-refractivity contribution is -0.153. The van der Waals surface area contributed by atoms with Gasteiger partial charge in [-0.1, -0.05) is 12.1 Å². The van der Waals surface area contributed by atoms with E-state index in [9.17, 15) is 18.0 Å². The van der Waals surface area contributed by atoms with Crippen LogP contribution in [0.2, 0.25) is 0 Å². The van der Waals surface area contributed by atoms with E-state index >= 15 is 0 Å². The van der Waals surface area contributed by atoms with Crippen LogP contribution in [0.4, 0.5) is 13.2 Å². The van der Waals surface area contributed by atoms with Gasteiger partial charge in [0.05, 0.1) is 23.3 Å². The topological polar surface area (TPSA) is 69.0 Å². The van der Waals surface area contributed by atoms with Crippen molar-refractivity contribution in [3.05, 3.63) is 54.0 Å². The third kappa shape index (κ3) is 3.78. The predicted octanol–water partition coefficient (Wildman–Crippen LogP) is 3.16. The second-order valence-electron chi connectivity index (χ2n) is 6.81. The molecule has 146 valence electrons. The molecular weight excluding hydrogens is 373 g/mol. The third-order valence-corrected chi connectivity index (χ3v) is 4.69. The van der Waals surface area contributed by atoms with Crippen molar-refractivity contribution in [2.75, 3.05) is 6.61 Å². The normalized spacial score (nSPS) is 15.4. The van der Waals surface area contributed by atoms with Crippen LogP contribution in [-0.4, -0.2) is 34.0 Å². The van der Waals surface area contributed by atoms with Crippen LogP contribution in [0.1, 0.15) is 24.1 Å². The van der Waals surface area contributed by atoms with Crippen molar-refractivity contribution in [2.45, 2.75) is 31.1 Å². The van der Waals surface area contributed by atoms with Crippen LogP contribution in [0.25, 0.3) is 10.9 Å². The van der Waals surface area contributed by atoms with Crippen LogP contribution in [-0.2, 0) is 16.9 Å². The number of hydrogen-bond donors (Lipinski definition) is 1. The fraction of sp³-hybridized carbons (Fsp3) is 0.316. The van der Waals surface area contributed by atoms with E-state index in [0.717, 1.165) is 35.0 Å². The molecule has 6 nitrogen and oxygen atoms in total. The summed E-state index contributed by atoms with van der Waals surface area (Å²) in [7, 11) is 0. The summed E-state index contributed by atoms with van der Waals surface area (Å²) in [6.45, 7) is -0.870. The number of halogens is 3. The molecule has 1 aliphatic carbocycles. The summed E-state index contributed by atoms with van der Waals surface area (Å²) >= 11 is 0. The highest BCUT2D eigenvalue weighted by atomic mass is 19.4. The van der Waals surface area contributed by atoms with Crippen molar-refractivity contribution in [1.82, 2.24) is 20.1 Å². The molecule has 0 unspecified atom stereocenters. The molecule has 0 saturated heterocycles. The first-order valence-corrected chi connectivity index (χ1v) is 8.71. The molecule has 0 bridgehead atoms. The number of aromatic nitrogens is 3. The lowest BCUT2D eigenvalue weighted by atomic mass is 10.1. The minimum atomic E-state index is -4.36. The summed E-state index contributed by atoms with van der Waals surface area (Å²) in [4.78, 5) is 15.4. The highest BCUT2D eigenvalue weighted by Crippen LogP contribution is 2.46. The summed E-state index contributed by atoms with van der Waals surface area (Å²) < 4.78 is 43.1. The molecule has 0 spiro atoms. The summed E-state index contributed by atoms with van der Waals surface area (Å²) in [6, 6.07) is 8.22.